The third kappa shape index (κ3) is 6.99. The first-order chi connectivity index (χ1) is 20.4. The molecule has 0 N–H and O–H groups in total. The van der Waals surface area contributed by atoms with Gasteiger partial charge in [0, 0.05) is 32.2 Å². The molecular formula is C32H33F3N4O4. The van der Waals surface area contributed by atoms with Gasteiger partial charge in [0.1, 0.15) is 18.6 Å². The van der Waals surface area contributed by atoms with Crippen molar-refractivity contribution in [2.75, 3.05) is 26.2 Å². The summed E-state index contributed by atoms with van der Waals surface area (Å²) in [6, 6.07) is 17.3. The number of alkyl halides is 3. The number of aromatic nitrogens is 2. The number of amides is 1. The molecule has 2 aromatic heterocycles. The fourth-order valence-electron chi connectivity index (χ4n) is 4.93. The number of rotatable bonds is 7. The zero-order chi connectivity index (χ0) is 30.8. The van der Waals surface area contributed by atoms with Crippen molar-refractivity contribution in [2.45, 2.75) is 45.5 Å². The van der Waals surface area contributed by atoms with E-state index in [0.29, 0.717) is 25.4 Å². The molecule has 2 aromatic carbocycles. The number of carbonyl (C=O) groups is 1. The highest BCUT2D eigenvalue weighted by atomic mass is 19.4. The summed E-state index contributed by atoms with van der Waals surface area (Å²) < 4.78 is 54.2. The summed E-state index contributed by atoms with van der Waals surface area (Å²) in [5, 5.41) is 3.88. The topological polar surface area (TPSA) is 80.8 Å². The quantitative estimate of drug-likeness (QED) is 0.274. The molecule has 0 unspecified atom stereocenters. The Kier molecular flexibility index (Phi) is 8.45. The number of hydrogen-bond donors (Lipinski definition) is 0. The SMILES string of the molecule is CC(C)(C)c1ccc(COc2coc(CN3CCN(C(=O)c4cnn(-c5ccccc5)c4C(F)(F)F)CC3)cc2=O)cc1. The highest BCUT2D eigenvalue weighted by molar-refractivity contribution is 5.95. The minimum atomic E-state index is -4.77. The number of para-hydroxylation sites is 1. The van der Waals surface area contributed by atoms with Gasteiger partial charge in [0.2, 0.25) is 11.2 Å². The van der Waals surface area contributed by atoms with Crippen LogP contribution in [-0.2, 0) is 24.7 Å². The Balaban J connectivity index is 1.18. The van der Waals surface area contributed by atoms with E-state index in [1.807, 2.05) is 29.2 Å². The van der Waals surface area contributed by atoms with Crippen LogP contribution in [0.3, 0.4) is 0 Å². The zero-order valence-corrected chi connectivity index (χ0v) is 24.2. The number of piperazine rings is 1. The summed E-state index contributed by atoms with van der Waals surface area (Å²) in [5.41, 5.74) is 0.493. The number of carbonyl (C=O) groups excluding carboxylic acids is 1. The lowest BCUT2D eigenvalue weighted by Crippen LogP contribution is -2.48. The average molecular weight is 595 g/mol. The minimum Gasteiger partial charge on any atom is -0.482 e. The summed E-state index contributed by atoms with van der Waals surface area (Å²) in [5.74, 6) is -0.194. The van der Waals surface area contributed by atoms with Crippen molar-refractivity contribution in [3.63, 3.8) is 0 Å². The molecule has 0 saturated carbocycles. The smallest absolute Gasteiger partial charge is 0.434 e. The van der Waals surface area contributed by atoms with E-state index in [2.05, 4.69) is 25.9 Å². The maximum Gasteiger partial charge on any atom is 0.434 e. The van der Waals surface area contributed by atoms with E-state index in [1.165, 1.54) is 34.9 Å². The van der Waals surface area contributed by atoms with Crippen LogP contribution in [-0.4, -0.2) is 51.7 Å². The van der Waals surface area contributed by atoms with Gasteiger partial charge in [0.05, 0.1) is 24.0 Å². The molecule has 1 amide bonds. The monoisotopic (exact) mass is 594 g/mol. The molecule has 0 atom stereocenters. The third-order valence-corrected chi connectivity index (χ3v) is 7.37. The molecule has 1 saturated heterocycles. The van der Waals surface area contributed by atoms with Gasteiger partial charge in [-0.2, -0.15) is 18.3 Å². The predicted molar refractivity (Wildman–Crippen MR) is 154 cm³/mol. The third-order valence-electron chi connectivity index (χ3n) is 7.37. The van der Waals surface area contributed by atoms with Gasteiger partial charge in [-0.3, -0.25) is 14.5 Å². The van der Waals surface area contributed by atoms with E-state index in [4.69, 9.17) is 9.15 Å². The maximum atomic E-state index is 14.0. The molecule has 1 aliphatic heterocycles. The van der Waals surface area contributed by atoms with Gasteiger partial charge in [-0.1, -0.05) is 63.2 Å². The van der Waals surface area contributed by atoms with Crippen LogP contribution >= 0.6 is 0 Å². The Bertz CT molecular complexity index is 1620. The van der Waals surface area contributed by atoms with Crippen molar-refractivity contribution in [3.8, 4) is 11.4 Å². The van der Waals surface area contributed by atoms with Crippen molar-refractivity contribution in [2.24, 2.45) is 0 Å². The van der Waals surface area contributed by atoms with Crippen LogP contribution in [0.5, 0.6) is 5.75 Å². The van der Waals surface area contributed by atoms with Gasteiger partial charge in [-0.15, -0.1) is 0 Å². The van der Waals surface area contributed by atoms with Crippen LogP contribution in [0.2, 0.25) is 0 Å². The highest BCUT2D eigenvalue weighted by Crippen LogP contribution is 2.34. The van der Waals surface area contributed by atoms with Crippen molar-refractivity contribution in [3.05, 3.63) is 111 Å². The number of halogens is 3. The number of ether oxygens (including phenoxy) is 1. The van der Waals surface area contributed by atoms with Gasteiger partial charge in [-0.25, -0.2) is 4.68 Å². The summed E-state index contributed by atoms with van der Waals surface area (Å²) >= 11 is 0. The van der Waals surface area contributed by atoms with Crippen molar-refractivity contribution < 1.29 is 27.1 Å². The lowest BCUT2D eigenvalue weighted by Gasteiger charge is -2.34. The van der Waals surface area contributed by atoms with E-state index < -0.39 is 23.3 Å². The lowest BCUT2D eigenvalue weighted by molar-refractivity contribution is -0.143. The Morgan fingerprint density at radius 2 is 1.65 bits per heavy atom. The van der Waals surface area contributed by atoms with Crippen molar-refractivity contribution >= 4 is 5.91 Å². The Morgan fingerprint density at radius 3 is 2.26 bits per heavy atom. The van der Waals surface area contributed by atoms with Crippen LogP contribution in [0, 0.1) is 0 Å². The zero-order valence-electron chi connectivity index (χ0n) is 24.2. The predicted octanol–water partition coefficient (Wildman–Crippen LogP) is 5.68. The first-order valence-electron chi connectivity index (χ1n) is 14.0. The normalized spacial score (nSPS) is 14.6. The second-order valence-electron chi connectivity index (χ2n) is 11.5. The molecule has 43 heavy (non-hydrogen) atoms. The standard InChI is InChI=1S/C32H33F3N4O4/c1-31(2,3)23-11-9-22(10-12-23)20-43-28-21-42-25(17-27(28)40)19-37-13-15-38(16-14-37)30(41)26-18-36-39(29(26)32(33,34)35)24-7-5-4-6-8-24/h4-12,17-18,21H,13-16,19-20H2,1-3H3. The Morgan fingerprint density at radius 1 is 0.977 bits per heavy atom. The average Bonchev–Trinajstić information content (AvgIpc) is 3.43. The molecule has 226 valence electrons. The highest BCUT2D eigenvalue weighted by Gasteiger charge is 2.41. The van der Waals surface area contributed by atoms with Gasteiger partial charge in [0.15, 0.2) is 5.69 Å². The van der Waals surface area contributed by atoms with Crippen LogP contribution < -0.4 is 10.2 Å². The van der Waals surface area contributed by atoms with Crippen LogP contribution in [0.25, 0.3) is 5.69 Å². The summed E-state index contributed by atoms with van der Waals surface area (Å²) in [6.07, 6.45) is -2.50. The molecular weight excluding hydrogens is 561 g/mol. The fraction of sp³-hybridized carbons (Fsp3) is 0.344. The van der Waals surface area contributed by atoms with Crippen LogP contribution in [0.1, 0.15) is 53.7 Å². The lowest BCUT2D eigenvalue weighted by atomic mass is 9.87. The molecule has 11 heteroatoms. The number of hydrogen-bond acceptors (Lipinski definition) is 6. The minimum absolute atomic E-state index is 0.0436. The molecule has 1 aliphatic rings. The molecule has 8 nitrogen and oxygen atoms in total. The number of nitrogens with zero attached hydrogens (tertiary/aromatic N) is 4. The fourth-order valence-corrected chi connectivity index (χ4v) is 4.93. The Labute approximate surface area is 247 Å². The molecule has 0 radical (unpaired) electrons. The van der Waals surface area contributed by atoms with Crippen LogP contribution in [0.4, 0.5) is 13.2 Å². The van der Waals surface area contributed by atoms with Crippen LogP contribution in [0.15, 0.2) is 82.3 Å². The first-order valence-corrected chi connectivity index (χ1v) is 14.0. The second kappa shape index (κ2) is 12.1. The van der Waals surface area contributed by atoms with Crippen molar-refractivity contribution in [1.29, 1.82) is 0 Å². The van der Waals surface area contributed by atoms with Gasteiger partial charge < -0.3 is 14.1 Å². The van der Waals surface area contributed by atoms with E-state index in [1.54, 1.807) is 18.2 Å². The van der Waals surface area contributed by atoms with E-state index in [0.717, 1.165) is 16.4 Å². The molecule has 3 heterocycles. The largest absolute Gasteiger partial charge is 0.482 e. The first kappa shape index (κ1) is 30.1. The summed E-state index contributed by atoms with van der Waals surface area (Å²) in [4.78, 5) is 29.2. The second-order valence-corrected chi connectivity index (χ2v) is 11.5. The Hall–Kier alpha value is -4.38. The number of benzene rings is 2. The summed E-state index contributed by atoms with van der Waals surface area (Å²) in [6.45, 7) is 8.18. The van der Waals surface area contributed by atoms with E-state index >= 15 is 0 Å². The molecule has 1 fully saturated rings. The molecule has 0 spiro atoms. The molecule has 0 aliphatic carbocycles. The van der Waals surface area contributed by atoms with Gasteiger partial charge in [-0.05, 0) is 28.7 Å². The maximum absolute atomic E-state index is 14.0. The molecule has 0 bridgehead atoms. The molecule has 5 rings (SSSR count). The molecule has 4 aromatic rings. The van der Waals surface area contributed by atoms with Gasteiger partial charge in [0.25, 0.3) is 5.91 Å². The van der Waals surface area contributed by atoms with E-state index in [9.17, 15) is 22.8 Å². The summed E-state index contributed by atoms with van der Waals surface area (Å²) in [7, 11) is 0. The van der Waals surface area contributed by atoms with E-state index in [-0.39, 0.29) is 42.0 Å². The van der Waals surface area contributed by atoms with Gasteiger partial charge >= 0.3 is 6.18 Å². The van der Waals surface area contributed by atoms with Crippen molar-refractivity contribution in [1.82, 2.24) is 19.6 Å².